The molecule has 3 heterocycles. The van der Waals surface area contributed by atoms with Crippen LogP contribution in [0.25, 0.3) is 22.3 Å². The summed E-state index contributed by atoms with van der Waals surface area (Å²) in [4.78, 5) is 20.4. The van der Waals surface area contributed by atoms with Gasteiger partial charge in [-0.3, -0.25) is 4.79 Å². The number of anilines is 2. The number of carbonyl (C=O) groups excluding carboxylic acids is 1. The number of morpholine rings is 1. The van der Waals surface area contributed by atoms with Crippen LogP contribution >= 0.6 is 0 Å². The summed E-state index contributed by atoms with van der Waals surface area (Å²) in [6.45, 7) is 5.39. The van der Waals surface area contributed by atoms with E-state index in [1.807, 2.05) is 32.3 Å². The Kier molecular flexibility index (Phi) is 6.83. The number of hydrogen-bond donors (Lipinski definition) is 2. The molecular formula is C28H31F2N5O2. The van der Waals surface area contributed by atoms with Crippen LogP contribution in [-0.2, 0) is 17.7 Å². The number of carbonyl (C=O) groups is 1. The van der Waals surface area contributed by atoms with Crippen LogP contribution in [0.1, 0.15) is 28.4 Å². The molecule has 1 saturated heterocycles. The fourth-order valence-electron chi connectivity index (χ4n) is 5.14. The van der Waals surface area contributed by atoms with E-state index in [0.29, 0.717) is 42.8 Å². The van der Waals surface area contributed by atoms with Gasteiger partial charge in [0, 0.05) is 54.1 Å². The predicted molar refractivity (Wildman–Crippen MR) is 140 cm³/mol. The second-order valence-electron chi connectivity index (χ2n) is 9.96. The van der Waals surface area contributed by atoms with Gasteiger partial charge < -0.3 is 25.6 Å². The van der Waals surface area contributed by atoms with Crippen LogP contribution in [-0.4, -0.2) is 62.2 Å². The molecule has 0 aliphatic carbocycles. The average Bonchev–Trinajstić information content (AvgIpc) is 2.84. The quantitative estimate of drug-likeness (QED) is 0.511. The number of rotatable bonds is 5. The lowest BCUT2D eigenvalue weighted by atomic mass is 9.93. The van der Waals surface area contributed by atoms with Crippen molar-refractivity contribution in [2.24, 2.45) is 0 Å². The summed E-state index contributed by atoms with van der Waals surface area (Å²) >= 11 is 0. The Hall–Kier alpha value is -3.56. The van der Waals surface area contributed by atoms with Crippen molar-refractivity contribution in [3.8, 4) is 22.3 Å². The van der Waals surface area contributed by atoms with Gasteiger partial charge in [-0.05, 0) is 74.5 Å². The number of hydrogen-bond acceptors (Lipinski definition) is 6. The molecule has 1 atom stereocenters. The van der Waals surface area contributed by atoms with Crippen molar-refractivity contribution in [3.63, 3.8) is 0 Å². The number of amides is 1. The molecule has 0 spiro atoms. The van der Waals surface area contributed by atoms with Gasteiger partial charge in [-0.25, -0.2) is 9.37 Å². The molecule has 5 rings (SSSR count). The van der Waals surface area contributed by atoms with Crippen LogP contribution in [0.4, 0.5) is 20.3 Å². The minimum atomic E-state index is -0.720. The number of nitrogens with zero attached hydrogens (tertiary/aromatic N) is 3. The van der Waals surface area contributed by atoms with E-state index < -0.39 is 11.8 Å². The topological polar surface area (TPSA) is 83.7 Å². The lowest BCUT2D eigenvalue weighted by molar-refractivity contribution is 0.0531. The maximum absolute atomic E-state index is 15.2. The number of nitrogen functional groups attached to an aromatic ring is 1. The monoisotopic (exact) mass is 507 g/mol. The number of ether oxygens (including phenoxy) is 1. The van der Waals surface area contributed by atoms with Crippen molar-refractivity contribution >= 4 is 17.4 Å². The molecular weight excluding hydrogens is 476 g/mol. The molecule has 0 radical (unpaired) electrons. The zero-order valence-corrected chi connectivity index (χ0v) is 21.3. The van der Waals surface area contributed by atoms with E-state index in [0.717, 1.165) is 29.9 Å². The van der Waals surface area contributed by atoms with Crippen molar-refractivity contribution in [1.29, 1.82) is 0 Å². The van der Waals surface area contributed by atoms with Gasteiger partial charge in [0.05, 0.1) is 12.7 Å². The number of benzene rings is 2. The van der Waals surface area contributed by atoms with Crippen LogP contribution in [0.3, 0.4) is 0 Å². The van der Waals surface area contributed by atoms with E-state index in [-0.39, 0.29) is 29.0 Å². The van der Waals surface area contributed by atoms with Crippen LogP contribution < -0.4 is 16.0 Å². The zero-order chi connectivity index (χ0) is 26.3. The highest BCUT2D eigenvalue weighted by molar-refractivity contribution is 5.97. The van der Waals surface area contributed by atoms with Crippen LogP contribution in [0, 0.1) is 11.8 Å². The maximum atomic E-state index is 15.2. The van der Waals surface area contributed by atoms with E-state index in [1.54, 1.807) is 12.1 Å². The predicted octanol–water partition coefficient (Wildman–Crippen LogP) is 3.85. The second kappa shape index (κ2) is 10.1. The Morgan fingerprint density at radius 1 is 1.14 bits per heavy atom. The van der Waals surface area contributed by atoms with Gasteiger partial charge in [-0.2, -0.15) is 4.39 Å². The summed E-state index contributed by atoms with van der Waals surface area (Å²) < 4.78 is 36.1. The third-order valence-electron chi connectivity index (χ3n) is 6.87. The molecule has 2 aliphatic rings. The highest BCUT2D eigenvalue weighted by atomic mass is 19.1. The lowest BCUT2D eigenvalue weighted by Gasteiger charge is -2.34. The number of nitrogens with two attached hydrogens (primary N) is 1. The van der Waals surface area contributed by atoms with E-state index in [1.165, 1.54) is 6.07 Å². The molecule has 2 aliphatic heterocycles. The normalized spacial score (nSPS) is 17.6. The maximum Gasteiger partial charge on any atom is 0.251 e. The van der Waals surface area contributed by atoms with Crippen LogP contribution in [0.5, 0.6) is 0 Å². The summed E-state index contributed by atoms with van der Waals surface area (Å²) in [5.41, 5.74) is 10.6. The molecule has 37 heavy (non-hydrogen) atoms. The highest BCUT2D eigenvalue weighted by Crippen LogP contribution is 2.36. The largest absolute Gasteiger partial charge is 0.383 e. The first-order chi connectivity index (χ1) is 17.7. The Morgan fingerprint density at radius 2 is 1.95 bits per heavy atom. The third-order valence-corrected chi connectivity index (χ3v) is 6.87. The van der Waals surface area contributed by atoms with Crippen molar-refractivity contribution < 1.29 is 18.3 Å². The molecule has 194 valence electrons. The number of fused-ring (bicyclic) bond motifs is 1. The fraction of sp³-hybridized carbons (Fsp3) is 0.357. The van der Waals surface area contributed by atoms with Gasteiger partial charge in [0.25, 0.3) is 5.91 Å². The van der Waals surface area contributed by atoms with Crippen molar-refractivity contribution in [3.05, 3.63) is 64.9 Å². The number of aromatic nitrogens is 1. The fourth-order valence-corrected chi connectivity index (χ4v) is 5.14. The van der Waals surface area contributed by atoms with Gasteiger partial charge >= 0.3 is 0 Å². The first-order valence-corrected chi connectivity index (χ1v) is 12.4. The molecule has 3 aromatic rings. The van der Waals surface area contributed by atoms with E-state index in [2.05, 4.69) is 27.0 Å². The summed E-state index contributed by atoms with van der Waals surface area (Å²) in [6, 6.07) is 10.2. The number of nitrogens with one attached hydrogen (secondary N) is 1. The minimum absolute atomic E-state index is 0.104. The molecule has 0 unspecified atom stereocenters. The molecule has 1 amide bonds. The molecule has 0 bridgehead atoms. The highest BCUT2D eigenvalue weighted by Gasteiger charge is 2.24. The first kappa shape index (κ1) is 25.1. The first-order valence-electron chi connectivity index (χ1n) is 12.4. The molecule has 9 heteroatoms. The molecule has 2 aromatic carbocycles. The van der Waals surface area contributed by atoms with Crippen molar-refractivity contribution in [1.82, 2.24) is 15.2 Å². The second-order valence-corrected chi connectivity index (χ2v) is 9.96. The zero-order valence-electron chi connectivity index (χ0n) is 21.3. The molecule has 7 nitrogen and oxygen atoms in total. The van der Waals surface area contributed by atoms with Gasteiger partial charge in [0.2, 0.25) is 5.95 Å². The van der Waals surface area contributed by atoms with Crippen LogP contribution in [0.2, 0.25) is 0 Å². The summed E-state index contributed by atoms with van der Waals surface area (Å²) in [7, 11) is 3.97. The van der Waals surface area contributed by atoms with Gasteiger partial charge in [0.15, 0.2) is 0 Å². The minimum Gasteiger partial charge on any atom is -0.383 e. The average molecular weight is 508 g/mol. The van der Waals surface area contributed by atoms with E-state index in [4.69, 9.17) is 10.5 Å². The van der Waals surface area contributed by atoms with Crippen molar-refractivity contribution in [2.45, 2.75) is 26.0 Å². The van der Waals surface area contributed by atoms with E-state index >= 15 is 8.78 Å². The molecule has 3 N–H and O–H groups in total. The molecule has 0 saturated carbocycles. The van der Waals surface area contributed by atoms with E-state index in [9.17, 15) is 4.79 Å². The Bertz CT molecular complexity index is 1360. The standard InChI is InChI=1S/C28H31F2N5O2/c1-16-14-35(8-9-37-16)25-5-4-17(10-19(25)15-34(2)3)20-12-23(27(31)33-26(20)30)22-11-18-6-7-32-28(36)21(18)13-24(22)29/h4-5,10-13,16H,6-9,14-15H2,1-3H3,(H2,31,33)(H,32,36)/t16-/m1/s1. The third kappa shape index (κ3) is 5.01. The smallest absolute Gasteiger partial charge is 0.251 e. The SMILES string of the molecule is C[C@@H]1CN(c2ccc(-c3cc(-c4cc5c(cc4F)C(=O)NCC5)c(N)nc3F)cc2CN(C)C)CCO1. The van der Waals surface area contributed by atoms with Crippen molar-refractivity contribution in [2.75, 3.05) is 51.0 Å². The Balaban J connectivity index is 1.59. The number of pyridine rings is 1. The number of halogens is 2. The van der Waals surface area contributed by atoms with Gasteiger partial charge in [-0.15, -0.1) is 0 Å². The lowest BCUT2D eigenvalue weighted by Crippen LogP contribution is -2.41. The van der Waals surface area contributed by atoms with Gasteiger partial charge in [0.1, 0.15) is 11.6 Å². The molecule has 1 aromatic heterocycles. The van der Waals surface area contributed by atoms with Crippen LogP contribution in [0.15, 0.2) is 36.4 Å². The summed E-state index contributed by atoms with van der Waals surface area (Å²) in [6.07, 6.45) is 0.699. The Morgan fingerprint density at radius 3 is 2.70 bits per heavy atom. The summed E-state index contributed by atoms with van der Waals surface area (Å²) in [5, 5.41) is 2.72. The van der Waals surface area contributed by atoms with Gasteiger partial charge in [-0.1, -0.05) is 6.07 Å². The Labute approximate surface area is 215 Å². The molecule has 1 fully saturated rings. The summed E-state index contributed by atoms with van der Waals surface area (Å²) in [5.74, 6) is -1.73.